The number of hydrogen-bond donors (Lipinski definition) is 2. The molecule has 0 saturated carbocycles. The van der Waals surface area contributed by atoms with E-state index in [-0.39, 0.29) is 5.91 Å². The maximum absolute atomic E-state index is 11.3. The smallest absolute Gasteiger partial charge is 0.320 e. The largest absolute Gasteiger partial charge is 0.480 e. The summed E-state index contributed by atoms with van der Waals surface area (Å²) in [7, 11) is 0. The van der Waals surface area contributed by atoms with Crippen molar-refractivity contribution in [1.29, 1.82) is 0 Å². The zero-order chi connectivity index (χ0) is 16.1. The average molecular weight is 304 g/mol. The number of carbonyl (C=O) groups is 2. The first-order valence-corrected chi connectivity index (χ1v) is 7.15. The normalized spacial score (nSPS) is 12.5. The van der Waals surface area contributed by atoms with Crippen LogP contribution in [0.15, 0.2) is 34.9 Å². The molecule has 0 radical (unpaired) electrons. The van der Waals surface area contributed by atoms with Crippen LogP contribution >= 0.6 is 0 Å². The van der Waals surface area contributed by atoms with E-state index in [1.165, 1.54) is 6.92 Å². The Bertz CT molecular complexity index is 665. The molecular formula is C16H20N2O4. The van der Waals surface area contributed by atoms with E-state index in [1.807, 2.05) is 24.3 Å². The van der Waals surface area contributed by atoms with E-state index in [0.29, 0.717) is 19.6 Å². The van der Waals surface area contributed by atoms with E-state index in [2.05, 4.69) is 5.32 Å². The van der Waals surface area contributed by atoms with E-state index < -0.39 is 12.0 Å². The number of furan rings is 1. The molecular weight excluding hydrogens is 284 g/mol. The fraction of sp³-hybridized carbons (Fsp3) is 0.375. The average Bonchev–Trinajstić information content (AvgIpc) is 2.94. The third kappa shape index (κ3) is 3.85. The van der Waals surface area contributed by atoms with Gasteiger partial charge in [-0.05, 0) is 13.0 Å². The summed E-state index contributed by atoms with van der Waals surface area (Å²) in [6, 6.07) is 7.02. The second-order valence-corrected chi connectivity index (χ2v) is 5.22. The fourth-order valence-corrected chi connectivity index (χ4v) is 2.34. The molecule has 0 aliphatic rings. The van der Waals surface area contributed by atoms with Gasteiger partial charge in [0.1, 0.15) is 11.6 Å². The lowest BCUT2D eigenvalue weighted by molar-refractivity contribution is -0.142. The van der Waals surface area contributed by atoms with Crippen LogP contribution in [0.2, 0.25) is 0 Å². The molecule has 1 atom stereocenters. The molecule has 0 saturated heterocycles. The van der Waals surface area contributed by atoms with Gasteiger partial charge in [-0.2, -0.15) is 0 Å². The minimum atomic E-state index is -0.894. The monoisotopic (exact) mass is 304 g/mol. The van der Waals surface area contributed by atoms with Crippen molar-refractivity contribution in [2.45, 2.75) is 26.4 Å². The molecule has 1 heterocycles. The topological polar surface area (TPSA) is 82.8 Å². The van der Waals surface area contributed by atoms with Gasteiger partial charge in [0.2, 0.25) is 5.91 Å². The molecule has 1 unspecified atom stereocenters. The van der Waals surface area contributed by atoms with Crippen LogP contribution in [0.1, 0.15) is 19.4 Å². The Morgan fingerprint density at radius 3 is 2.82 bits per heavy atom. The zero-order valence-corrected chi connectivity index (χ0v) is 12.7. The number of nitrogens with zero attached hydrogens (tertiary/aromatic N) is 1. The fourth-order valence-electron chi connectivity index (χ4n) is 2.34. The van der Waals surface area contributed by atoms with Crippen LogP contribution in [-0.4, -0.2) is 41.0 Å². The number of aliphatic carboxylic acids is 1. The standard InChI is InChI=1S/C16H20N2O4/c1-11(16(20)21)18(8-7-17-12(2)19)10-14-5-3-4-13-6-9-22-15(13)14/h3-6,9,11H,7-8,10H2,1-2H3,(H,17,19)(H,20,21). The lowest BCUT2D eigenvalue weighted by Crippen LogP contribution is -2.42. The molecule has 22 heavy (non-hydrogen) atoms. The van der Waals surface area contributed by atoms with Gasteiger partial charge in [0.25, 0.3) is 0 Å². The van der Waals surface area contributed by atoms with Crippen molar-refractivity contribution in [2.24, 2.45) is 0 Å². The molecule has 0 fully saturated rings. The number of rotatable bonds is 7. The Hall–Kier alpha value is -2.34. The first-order chi connectivity index (χ1) is 10.5. The van der Waals surface area contributed by atoms with Crippen molar-refractivity contribution < 1.29 is 19.1 Å². The lowest BCUT2D eigenvalue weighted by Gasteiger charge is -2.26. The Morgan fingerprint density at radius 1 is 1.36 bits per heavy atom. The van der Waals surface area contributed by atoms with E-state index in [9.17, 15) is 14.7 Å². The molecule has 0 bridgehead atoms. The predicted molar refractivity (Wildman–Crippen MR) is 82.4 cm³/mol. The second kappa shape index (κ2) is 7.09. The van der Waals surface area contributed by atoms with Crippen molar-refractivity contribution in [1.82, 2.24) is 10.2 Å². The molecule has 2 N–H and O–H groups in total. The molecule has 0 aliphatic heterocycles. The summed E-state index contributed by atoms with van der Waals surface area (Å²) in [6.07, 6.45) is 1.62. The van der Waals surface area contributed by atoms with Crippen LogP contribution in [0, 0.1) is 0 Å². The Balaban J connectivity index is 2.16. The van der Waals surface area contributed by atoms with E-state index in [4.69, 9.17) is 4.42 Å². The Labute approximate surface area is 128 Å². The van der Waals surface area contributed by atoms with Crippen LogP contribution in [0.4, 0.5) is 0 Å². The van der Waals surface area contributed by atoms with Crippen molar-refractivity contribution in [3.05, 3.63) is 36.1 Å². The minimum absolute atomic E-state index is 0.129. The van der Waals surface area contributed by atoms with Gasteiger partial charge in [0.15, 0.2) is 0 Å². The van der Waals surface area contributed by atoms with E-state index >= 15 is 0 Å². The molecule has 6 heteroatoms. The SMILES string of the molecule is CC(=O)NCCN(Cc1cccc2ccoc12)C(C)C(=O)O. The molecule has 118 valence electrons. The summed E-state index contributed by atoms with van der Waals surface area (Å²) in [5.74, 6) is -1.02. The van der Waals surface area contributed by atoms with Gasteiger partial charge >= 0.3 is 5.97 Å². The molecule has 1 aromatic heterocycles. The van der Waals surface area contributed by atoms with Crippen LogP contribution in [0.5, 0.6) is 0 Å². The van der Waals surface area contributed by atoms with Crippen molar-refractivity contribution >= 4 is 22.8 Å². The van der Waals surface area contributed by atoms with Crippen LogP contribution in [0.25, 0.3) is 11.0 Å². The number of fused-ring (bicyclic) bond motifs is 1. The van der Waals surface area contributed by atoms with Crippen molar-refractivity contribution in [3.8, 4) is 0 Å². The number of amides is 1. The van der Waals surface area contributed by atoms with Gasteiger partial charge in [-0.1, -0.05) is 18.2 Å². The maximum Gasteiger partial charge on any atom is 0.320 e. The number of carboxylic acids is 1. The van der Waals surface area contributed by atoms with E-state index in [1.54, 1.807) is 18.1 Å². The van der Waals surface area contributed by atoms with Gasteiger partial charge in [-0.15, -0.1) is 0 Å². The summed E-state index contributed by atoms with van der Waals surface area (Å²) in [5, 5.41) is 12.9. The van der Waals surface area contributed by atoms with Crippen molar-refractivity contribution in [3.63, 3.8) is 0 Å². The second-order valence-electron chi connectivity index (χ2n) is 5.22. The van der Waals surface area contributed by atoms with Crippen LogP contribution < -0.4 is 5.32 Å². The van der Waals surface area contributed by atoms with E-state index in [0.717, 1.165) is 16.5 Å². The summed E-state index contributed by atoms with van der Waals surface area (Å²) in [6.45, 7) is 4.37. The molecule has 6 nitrogen and oxygen atoms in total. The van der Waals surface area contributed by atoms with Crippen LogP contribution in [-0.2, 0) is 16.1 Å². The first kappa shape index (κ1) is 16.0. The summed E-state index contributed by atoms with van der Waals surface area (Å²) < 4.78 is 5.49. The number of carbonyl (C=O) groups excluding carboxylic acids is 1. The van der Waals surface area contributed by atoms with Crippen LogP contribution in [0.3, 0.4) is 0 Å². The summed E-state index contributed by atoms with van der Waals surface area (Å²) in [4.78, 5) is 24.1. The predicted octanol–water partition coefficient (Wildman–Crippen LogP) is 1.84. The minimum Gasteiger partial charge on any atom is -0.480 e. The molecule has 1 amide bonds. The summed E-state index contributed by atoms with van der Waals surface area (Å²) in [5.41, 5.74) is 1.70. The van der Waals surface area contributed by atoms with Gasteiger partial charge in [-0.25, -0.2) is 0 Å². The number of benzene rings is 1. The van der Waals surface area contributed by atoms with Gasteiger partial charge < -0.3 is 14.8 Å². The highest BCUT2D eigenvalue weighted by molar-refractivity contribution is 5.80. The lowest BCUT2D eigenvalue weighted by atomic mass is 10.1. The third-order valence-corrected chi connectivity index (χ3v) is 3.61. The maximum atomic E-state index is 11.3. The van der Waals surface area contributed by atoms with Crippen molar-refractivity contribution in [2.75, 3.05) is 13.1 Å². The molecule has 1 aromatic carbocycles. The highest BCUT2D eigenvalue weighted by atomic mass is 16.4. The number of para-hydroxylation sites is 1. The zero-order valence-electron chi connectivity index (χ0n) is 12.7. The quantitative estimate of drug-likeness (QED) is 0.815. The van der Waals surface area contributed by atoms with Gasteiger partial charge in [0.05, 0.1) is 6.26 Å². The molecule has 0 aliphatic carbocycles. The Kier molecular flexibility index (Phi) is 5.16. The molecule has 2 aromatic rings. The third-order valence-electron chi connectivity index (χ3n) is 3.61. The van der Waals surface area contributed by atoms with Gasteiger partial charge in [0, 0.05) is 37.5 Å². The highest BCUT2D eigenvalue weighted by Crippen LogP contribution is 2.21. The molecule has 0 spiro atoms. The summed E-state index contributed by atoms with van der Waals surface area (Å²) >= 11 is 0. The Morgan fingerprint density at radius 2 is 2.14 bits per heavy atom. The first-order valence-electron chi connectivity index (χ1n) is 7.15. The number of carboxylic acid groups (broad SMARTS) is 1. The van der Waals surface area contributed by atoms with Gasteiger partial charge in [-0.3, -0.25) is 14.5 Å². The number of nitrogens with one attached hydrogen (secondary N) is 1. The highest BCUT2D eigenvalue weighted by Gasteiger charge is 2.21. The molecule has 2 rings (SSSR count). The number of hydrogen-bond acceptors (Lipinski definition) is 4.